The lowest BCUT2D eigenvalue weighted by Crippen LogP contribution is -2.29. The van der Waals surface area contributed by atoms with Crippen LogP contribution < -0.4 is 4.72 Å². The second kappa shape index (κ2) is 7.55. The quantitative estimate of drug-likeness (QED) is 0.892. The number of likely N-dealkylation sites (tertiary alicyclic amines) is 1. The lowest BCUT2D eigenvalue weighted by atomic mass is 10.1. The summed E-state index contributed by atoms with van der Waals surface area (Å²) in [5.74, 6) is 0. The highest BCUT2D eigenvalue weighted by atomic mass is 32.2. The molecule has 22 heavy (non-hydrogen) atoms. The van der Waals surface area contributed by atoms with E-state index in [2.05, 4.69) is 28.6 Å². The molecule has 2 rings (SSSR count). The van der Waals surface area contributed by atoms with Crippen LogP contribution in [0.15, 0.2) is 29.2 Å². The van der Waals surface area contributed by atoms with Gasteiger partial charge in [0.15, 0.2) is 0 Å². The molecule has 1 aromatic carbocycles. The Morgan fingerprint density at radius 1 is 1.18 bits per heavy atom. The van der Waals surface area contributed by atoms with Gasteiger partial charge >= 0.3 is 0 Å². The van der Waals surface area contributed by atoms with Crippen LogP contribution in [-0.2, 0) is 16.6 Å². The van der Waals surface area contributed by atoms with Gasteiger partial charge in [-0.05, 0) is 71.2 Å². The fraction of sp³-hybridized carbons (Fsp3) is 0.625. The van der Waals surface area contributed by atoms with Crippen LogP contribution in [0.5, 0.6) is 0 Å². The summed E-state index contributed by atoms with van der Waals surface area (Å²) in [6.07, 6.45) is 3.66. The Hall–Kier alpha value is -0.950. The molecule has 1 heterocycles. The van der Waals surface area contributed by atoms with E-state index in [1.54, 1.807) is 12.1 Å². The summed E-state index contributed by atoms with van der Waals surface area (Å²) >= 11 is 0. The van der Waals surface area contributed by atoms with Crippen molar-refractivity contribution >= 4 is 10.0 Å². The van der Waals surface area contributed by atoms with Gasteiger partial charge in [-0.1, -0.05) is 12.1 Å². The molecule has 0 spiro atoms. The summed E-state index contributed by atoms with van der Waals surface area (Å²) in [7, 11) is 2.40. The molecule has 1 aliphatic heterocycles. The van der Waals surface area contributed by atoms with Crippen molar-refractivity contribution in [2.75, 3.05) is 34.2 Å². The first kappa shape index (κ1) is 17.4. The molecule has 0 bridgehead atoms. The molecule has 0 aromatic heterocycles. The van der Waals surface area contributed by atoms with Crippen molar-refractivity contribution in [2.45, 2.75) is 36.7 Å². The predicted molar refractivity (Wildman–Crippen MR) is 89.3 cm³/mol. The zero-order valence-electron chi connectivity index (χ0n) is 13.7. The number of nitrogens with zero attached hydrogens (tertiary/aromatic N) is 2. The van der Waals surface area contributed by atoms with E-state index in [4.69, 9.17) is 0 Å². The second-order valence-corrected chi connectivity index (χ2v) is 8.06. The van der Waals surface area contributed by atoms with E-state index in [1.165, 1.54) is 31.9 Å². The Kier molecular flexibility index (Phi) is 5.97. The zero-order chi connectivity index (χ0) is 16.2. The van der Waals surface area contributed by atoms with Crippen LogP contribution in [0.1, 0.15) is 24.8 Å². The molecule has 5 nitrogen and oxygen atoms in total. The molecule has 0 amide bonds. The number of nitrogens with one attached hydrogen (secondary N) is 1. The molecule has 0 radical (unpaired) electrons. The van der Waals surface area contributed by atoms with Gasteiger partial charge in [-0.2, -0.15) is 0 Å². The van der Waals surface area contributed by atoms with Gasteiger partial charge in [0.25, 0.3) is 0 Å². The number of sulfonamides is 1. The number of rotatable bonds is 5. The minimum atomic E-state index is -3.34. The normalized spacial score (nSPS) is 21.0. The number of hydrogen-bond acceptors (Lipinski definition) is 4. The second-order valence-electron chi connectivity index (χ2n) is 6.18. The van der Waals surface area contributed by atoms with Crippen LogP contribution in [0.2, 0.25) is 0 Å². The van der Waals surface area contributed by atoms with Gasteiger partial charge in [-0.25, -0.2) is 13.1 Å². The van der Waals surface area contributed by atoms with E-state index in [1.807, 2.05) is 12.1 Å². The molecule has 124 valence electrons. The van der Waals surface area contributed by atoms with Crippen molar-refractivity contribution in [3.63, 3.8) is 0 Å². The Bertz CT molecular complexity index is 570. The van der Waals surface area contributed by atoms with Gasteiger partial charge in [-0.3, -0.25) is 4.90 Å². The van der Waals surface area contributed by atoms with Crippen molar-refractivity contribution in [1.82, 2.24) is 14.5 Å². The van der Waals surface area contributed by atoms with Crippen LogP contribution in [0.3, 0.4) is 0 Å². The van der Waals surface area contributed by atoms with Crippen LogP contribution >= 0.6 is 0 Å². The molecule has 1 aromatic rings. The summed E-state index contributed by atoms with van der Waals surface area (Å²) in [6, 6.07) is 7.87. The van der Waals surface area contributed by atoms with Gasteiger partial charge in [0.05, 0.1) is 4.90 Å². The lowest BCUT2D eigenvalue weighted by molar-refractivity contribution is 0.245. The van der Waals surface area contributed by atoms with E-state index >= 15 is 0 Å². The zero-order valence-corrected chi connectivity index (χ0v) is 14.6. The fourth-order valence-electron chi connectivity index (χ4n) is 2.96. The fourth-order valence-corrected chi connectivity index (χ4v) is 3.69. The average Bonchev–Trinajstić information content (AvgIpc) is 2.73. The summed E-state index contributed by atoms with van der Waals surface area (Å²) in [4.78, 5) is 5.11. The Morgan fingerprint density at radius 3 is 2.45 bits per heavy atom. The molecule has 1 fully saturated rings. The maximum Gasteiger partial charge on any atom is 0.240 e. The van der Waals surface area contributed by atoms with Crippen LogP contribution in [-0.4, -0.2) is 58.5 Å². The van der Waals surface area contributed by atoms with Crippen molar-refractivity contribution in [2.24, 2.45) is 0 Å². The van der Waals surface area contributed by atoms with Gasteiger partial charge in [-0.15, -0.1) is 0 Å². The van der Waals surface area contributed by atoms with Crippen LogP contribution in [0.25, 0.3) is 0 Å². The maximum atomic E-state index is 11.7. The molecule has 1 saturated heterocycles. The molecular formula is C16H27N3O2S. The first-order valence-electron chi connectivity index (χ1n) is 7.83. The highest BCUT2D eigenvalue weighted by molar-refractivity contribution is 7.89. The van der Waals surface area contributed by atoms with Gasteiger partial charge in [0, 0.05) is 12.6 Å². The average molecular weight is 325 g/mol. The lowest BCUT2D eigenvalue weighted by Gasteiger charge is -2.23. The van der Waals surface area contributed by atoms with Gasteiger partial charge < -0.3 is 4.90 Å². The third-order valence-electron chi connectivity index (χ3n) is 4.43. The van der Waals surface area contributed by atoms with E-state index in [-0.39, 0.29) is 0 Å². The SMILES string of the molecule is CNS(=O)(=O)c1ccc(CN2CCCC(N(C)C)CC2)cc1. The Labute approximate surface area is 134 Å². The summed E-state index contributed by atoms with van der Waals surface area (Å²) in [5.41, 5.74) is 1.17. The molecule has 6 heteroatoms. The minimum absolute atomic E-state index is 0.322. The van der Waals surface area contributed by atoms with E-state index in [9.17, 15) is 8.42 Å². The molecule has 0 aliphatic carbocycles. The van der Waals surface area contributed by atoms with E-state index in [0.29, 0.717) is 10.9 Å². The molecule has 1 aliphatic rings. The first-order valence-corrected chi connectivity index (χ1v) is 9.32. The molecular weight excluding hydrogens is 298 g/mol. The molecule has 1 N–H and O–H groups in total. The van der Waals surface area contributed by atoms with E-state index < -0.39 is 10.0 Å². The topological polar surface area (TPSA) is 52.7 Å². The Morgan fingerprint density at radius 2 is 1.86 bits per heavy atom. The van der Waals surface area contributed by atoms with Crippen molar-refractivity contribution in [3.05, 3.63) is 29.8 Å². The van der Waals surface area contributed by atoms with Crippen molar-refractivity contribution in [1.29, 1.82) is 0 Å². The maximum absolute atomic E-state index is 11.7. The largest absolute Gasteiger partial charge is 0.306 e. The van der Waals surface area contributed by atoms with Gasteiger partial charge in [0.1, 0.15) is 0 Å². The van der Waals surface area contributed by atoms with E-state index in [0.717, 1.165) is 19.6 Å². The highest BCUT2D eigenvalue weighted by Crippen LogP contribution is 2.17. The van der Waals surface area contributed by atoms with Crippen molar-refractivity contribution in [3.8, 4) is 0 Å². The number of hydrogen-bond donors (Lipinski definition) is 1. The van der Waals surface area contributed by atoms with Crippen molar-refractivity contribution < 1.29 is 8.42 Å². The summed E-state index contributed by atoms with van der Waals surface area (Å²) < 4.78 is 25.8. The van der Waals surface area contributed by atoms with Crippen LogP contribution in [0, 0.1) is 0 Å². The van der Waals surface area contributed by atoms with Gasteiger partial charge in [0.2, 0.25) is 10.0 Å². The molecule has 1 atom stereocenters. The van der Waals surface area contributed by atoms with Crippen LogP contribution in [0.4, 0.5) is 0 Å². The standard InChI is InChI=1S/C16H27N3O2S/c1-17-22(20,21)16-8-6-14(7-9-16)13-19-11-4-5-15(10-12-19)18(2)3/h6-9,15,17H,4-5,10-13H2,1-3H3. The molecule has 1 unspecified atom stereocenters. The Balaban J connectivity index is 1.96. The predicted octanol–water partition coefficient (Wildman–Crippen LogP) is 1.51. The molecule has 0 saturated carbocycles. The summed E-state index contributed by atoms with van der Waals surface area (Å²) in [6.45, 7) is 3.10. The monoisotopic (exact) mass is 325 g/mol. The number of benzene rings is 1. The first-order chi connectivity index (χ1) is 10.4. The highest BCUT2D eigenvalue weighted by Gasteiger charge is 2.18. The summed E-state index contributed by atoms with van der Waals surface area (Å²) in [5, 5.41) is 0. The smallest absolute Gasteiger partial charge is 0.240 e. The third kappa shape index (κ3) is 4.52. The minimum Gasteiger partial charge on any atom is -0.306 e. The third-order valence-corrected chi connectivity index (χ3v) is 5.86.